The second-order valence-electron chi connectivity index (χ2n) is 2.66. The summed E-state index contributed by atoms with van der Waals surface area (Å²) >= 11 is 0. The summed E-state index contributed by atoms with van der Waals surface area (Å²) in [6, 6.07) is 4.82. The van der Waals surface area contributed by atoms with E-state index in [4.69, 9.17) is 5.73 Å². The molecule has 5 nitrogen and oxygen atoms in total. The van der Waals surface area contributed by atoms with Crippen LogP contribution in [0, 0.1) is 0 Å². The molecule has 14 heavy (non-hydrogen) atoms. The van der Waals surface area contributed by atoms with Crippen molar-refractivity contribution in [3.8, 4) is 0 Å². The van der Waals surface area contributed by atoms with E-state index in [0.29, 0.717) is 5.69 Å². The number of urea groups is 1. The Morgan fingerprint density at radius 3 is 3.00 bits per heavy atom. The highest BCUT2D eigenvalue weighted by molar-refractivity contribution is 5.91. The molecular formula is C8H9ClN4O. The Morgan fingerprint density at radius 2 is 2.29 bits per heavy atom. The predicted molar refractivity (Wildman–Crippen MR) is 56.5 cm³/mol. The summed E-state index contributed by atoms with van der Waals surface area (Å²) in [4.78, 5) is 10.5. The number of benzene rings is 1. The van der Waals surface area contributed by atoms with Gasteiger partial charge in [0.15, 0.2) is 0 Å². The lowest BCUT2D eigenvalue weighted by molar-refractivity contribution is 0.259. The van der Waals surface area contributed by atoms with Gasteiger partial charge in [-0.05, 0) is 18.2 Å². The lowest BCUT2D eigenvalue weighted by Gasteiger charge is -1.99. The van der Waals surface area contributed by atoms with E-state index < -0.39 is 6.03 Å². The van der Waals surface area contributed by atoms with Crippen molar-refractivity contribution in [3.05, 3.63) is 24.4 Å². The topological polar surface area (TPSA) is 83.8 Å². The summed E-state index contributed by atoms with van der Waals surface area (Å²) in [5.41, 5.74) is 6.49. The summed E-state index contributed by atoms with van der Waals surface area (Å²) < 4.78 is 0. The van der Waals surface area contributed by atoms with Crippen molar-refractivity contribution >= 4 is 35.0 Å². The van der Waals surface area contributed by atoms with E-state index >= 15 is 0 Å². The normalized spacial score (nSPS) is 9.43. The van der Waals surface area contributed by atoms with Crippen LogP contribution in [0.15, 0.2) is 24.4 Å². The third-order valence-electron chi connectivity index (χ3n) is 1.71. The number of fused-ring (bicyclic) bond motifs is 1. The number of aromatic amines is 1. The van der Waals surface area contributed by atoms with Crippen LogP contribution in [-0.2, 0) is 0 Å². The number of hydrogen-bond donors (Lipinski definition) is 3. The Hall–Kier alpha value is -1.75. The van der Waals surface area contributed by atoms with Crippen molar-refractivity contribution in [1.82, 2.24) is 10.2 Å². The van der Waals surface area contributed by atoms with Crippen LogP contribution in [0.4, 0.5) is 10.5 Å². The Bertz CT molecular complexity index is 453. The number of nitrogens with zero attached hydrogens (tertiary/aromatic N) is 1. The van der Waals surface area contributed by atoms with Crippen LogP contribution >= 0.6 is 12.4 Å². The standard InChI is InChI=1S/C8H8N4O.ClH/c9-8(13)11-6-2-1-5-4-10-12-7(5)3-6;/h1-4H,(H,10,12)(H3,9,11,13);1H. The van der Waals surface area contributed by atoms with Gasteiger partial charge in [-0.2, -0.15) is 5.10 Å². The van der Waals surface area contributed by atoms with Gasteiger partial charge in [-0.1, -0.05) is 0 Å². The molecule has 0 bridgehead atoms. The molecule has 4 N–H and O–H groups in total. The molecule has 74 valence electrons. The van der Waals surface area contributed by atoms with Crippen LogP contribution in [0.25, 0.3) is 10.9 Å². The first-order valence-electron chi connectivity index (χ1n) is 3.75. The number of nitrogens with two attached hydrogens (primary N) is 1. The third-order valence-corrected chi connectivity index (χ3v) is 1.71. The first kappa shape index (κ1) is 10.3. The Morgan fingerprint density at radius 1 is 1.50 bits per heavy atom. The van der Waals surface area contributed by atoms with Gasteiger partial charge < -0.3 is 11.1 Å². The third kappa shape index (κ3) is 1.94. The smallest absolute Gasteiger partial charge is 0.316 e. The van der Waals surface area contributed by atoms with E-state index in [1.54, 1.807) is 18.3 Å². The first-order valence-corrected chi connectivity index (χ1v) is 3.75. The second-order valence-corrected chi connectivity index (χ2v) is 2.66. The van der Waals surface area contributed by atoms with E-state index in [1.807, 2.05) is 6.07 Å². The van der Waals surface area contributed by atoms with E-state index in [-0.39, 0.29) is 12.4 Å². The number of hydrogen-bond acceptors (Lipinski definition) is 2. The summed E-state index contributed by atoms with van der Waals surface area (Å²) in [7, 11) is 0. The molecule has 1 heterocycles. The number of H-pyrrole nitrogens is 1. The number of aromatic nitrogens is 2. The first-order chi connectivity index (χ1) is 6.25. The van der Waals surface area contributed by atoms with Crippen molar-refractivity contribution in [1.29, 1.82) is 0 Å². The Labute approximate surface area is 86.1 Å². The van der Waals surface area contributed by atoms with E-state index in [1.165, 1.54) is 0 Å². The monoisotopic (exact) mass is 212 g/mol. The molecular weight excluding hydrogens is 204 g/mol. The molecule has 0 aliphatic carbocycles. The second kappa shape index (κ2) is 3.97. The van der Waals surface area contributed by atoms with Crippen LogP contribution < -0.4 is 11.1 Å². The van der Waals surface area contributed by atoms with Gasteiger partial charge in [0.1, 0.15) is 0 Å². The molecule has 0 saturated carbocycles. The van der Waals surface area contributed by atoms with Gasteiger partial charge in [0, 0.05) is 11.1 Å². The van der Waals surface area contributed by atoms with Gasteiger partial charge in [0.05, 0.1) is 11.7 Å². The van der Waals surface area contributed by atoms with Crippen LogP contribution in [-0.4, -0.2) is 16.2 Å². The molecule has 6 heteroatoms. The molecule has 1 aromatic heterocycles. The molecule has 0 saturated heterocycles. The summed E-state index contributed by atoms with van der Waals surface area (Å²) in [5.74, 6) is 0. The van der Waals surface area contributed by atoms with Crippen molar-refractivity contribution < 1.29 is 4.79 Å². The molecule has 0 aliphatic rings. The molecule has 0 radical (unpaired) electrons. The molecule has 2 amide bonds. The molecule has 0 aliphatic heterocycles. The molecule has 0 fully saturated rings. The molecule has 1 aromatic carbocycles. The maximum Gasteiger partial charge on any atom is 0.316 e. The van der Waals surface area contributed by atoms with E-state index in [9.17, 15) is 4.79 Å². The quantitative estimate of drug-likeness (QED) is 0.669. The fourth-order valence-electron chi connectivity index (χ4n) is 1.16. The fourth-order valence-corrected chi connectivity index (χ4v) is 1.16. The van der Waals surface area contributed by atoms with Crippen LogP contribution in [0.2, 0.25) is 0 Å². The molecule has 0 atom stereocenters. The number of rotatable bonds is 1. The van der Waals surface area contributed by atoms with Gasteiger partial charge in [0.2, 0.25) is 0 Å². The number of anilines is 1. The highest BCUT2D eigenvalue weighted by Crippen LogP contribution is 2.15. The zero-order valence-corrected chi connectivity index (χ0v) is 7.97. The van der Waals surface area contributed by atoms with Crippen LogP contribution in [0.1, 0.15) is 0 Å². The van der Waals surface area contributed by atoms with Crippen molar-refractivity contribution in [2.75, 3.05) is 5.32 Å². The van der Waals surface area contributed by atoms with Crippen LogP contribution in [0.3, 0.4) is 0 Å². The molecule has 0 spiro atoms. The number of halogens is 1. The maximum atomic E-state index is 10.5. The lowest BCUT2D eigenvalue weighted by Crippen LogP contribution is -2.19. The van der Waals surface area contributed by atoms with Crippen molar-refractivity contribution in [2.45, 2.75) is 0 Å². The number of amides is 2. The number of nitrogens with one attached hydrogen (secondary N) is 2. The van der Waals surface area contributed by atoms with Crippen molar-refractivity contribution in [2.24, 2.45) is 5.73 Å². The number of primary amides is 1. The minimum atomic E-state index is -0.570. The lowest BCUT2D eigenvalue weighted by atomic mass is 10.2. The maximum absolute atomic E-state index is 10.5. The van der Waals surface area contributed by atoms with Crippen LogP contribution in [0.5, 0.6) is 0 Å². The van der Waals surface area contributed by atoms with Gasteiger partial charge >= 0.3 is 6.03 Å². The zero-order chi connectivity index (χ0) is 9.26. The summed E-state index contributed by atoms with van der Waals surface area (Å²) in [6.45, 7) is 0. The summed E-state index contributed by atoms with van der Waals surface area (Å²) in [6.07, 6.45) is 1.71. The zero-order valence-electron chi connectivity index (χ0n) is 7.15. The number of carbonyl (C=O) groups is 1. The van der Waals surface area contributed by atoms with Gasteiger partial charge in [-0.3, -0.25) is 5.10 Å². The highest BCUT2D eigenvalue weighted by Gasteiger charge is 1.98. The Kier molecular flexibility index (Phi) is 2.93. The molecule has 2 rings (SSSR count). The predicted octanol–water partition coefficient (Wildman–Crippen LogP) is 1.48. The van der Waals surface area contributed by atoms with E-state index in [0.717, 1.165) is 10.9 Å². The average Bonchev–Trinajstić information content (AvgIpc) is 2.49. The average molecular weight is 213 g/mol. The summed E-state index contributed by atoms with van der Waals surface area (Å²) in [5, 5.41) is 10.1. The minimum absolute atomic E-state index is 0. The van der Waals surface area contributed by atoms with Gasteiger partial charge in [0.25, 0.3) is 0 Å². The highest BCUT2D eigenvalue weighted by atomic mass is 35.5. The molecule has 0 unspecified atom stereocenters. The number of carbonyl (C=O) groups excluding carboxylic acids is 1. The van der Waals surface area contributed by atoms with Gasteiger partial charge in [-0.25, -0.2) is 4.79 Å². The minimum Gasteiger partial charge on any atom is -0.351 e. The fraction of sp³-hybridized carbons (Fsp3) is 0. The largest absolute Gasteiger partial charge is 0.351 e. The molecule has 2 aromatic rings. The SMILES string of the molecule is Cl.NC(=O)Nc1ccc2cn[nH]c2c1. The van der Waals surface area contributed by atoms with E-state index in [2.05, 4.69) is 15.5 Å². The Balaban J connectivity index is 0.000000980. The van der Waals surface area contributed by atoms with Crippen molar-refractivity contribution in [3.63, 3.8) is 0 Å². The van der Waals surface area contributed by atoms with Gasteiger partial charge in [-0.15, -0.1) is 12.4 Å².